The SMILES string of the molecule is CN(C)C(=O)CCNC1CCOc2ccc(Br)cc21. The average Bonchev–Trinajstić information content (AvgIpc) is 2.39. The lowest BCUT2D eigenvalue weighted by Gasteiger charge is -2.27. The summed E-state index contributed by atoms with van der Waals surface area (Å²) in [4.78, 5) is 13.2. The molecule has 0 aromatic heterocycles. The molecule has 5 heteroatoms. The molecule has 1 atom stereocenters. The van der Waals surface area contributed by atoms with Crippen LogP contribution in [0.2, 0.25) is 0 Å². The van der Waals surface area contributed by atoms with E-state index in [-0.39, 0.29) is 11.9 Å². The molecule has 0 radical (unpaired) electrons. The van der Waals surface area contributed by atoms with Crippen LogP contribution in [0.15, 0.2) is 22.7 Å². The number of hydrogen-bond acceptors (Lipinski definition) is 3. The maximum absolute atomic E-state index is 11.5. The first-order chi connectivity index (χ1) is 9.08. The molecule has 0 spiro atoms. The lowest BCUT2D eigenvalue weighted by molar-refractivity contribution is -0.128. The van der Waals surface area contributed by atoms with Gasteiger partial charge in [-0.15, -0.1) is 0 Å². The van der Waals surface area contributed by atoms with Crippen molar-refractivity contribution >= 4 is 21.8 Å². The van der Waals surface area contributed by atoms with Gasteiger partial charge in [0.15, 0.2) is 0 Å². The summed E-state index contributed by atoms with van der Waals surface area (Å²) in [6.07, 6.45) is 1.45. The van der Waals surface area contributed by atoms with Crippen LogP contribution in [0.1, 0.15) is 24.4 Å². The van der Waals surface area contributed by atoms with Crippen LogP contribution in [0.25, 0.3) is 0 Å². The van der Waals surface area contributed by atoms with E-state index in [0.717, 1.165) is 22.2 Å². The molecule has 1 aromatic carbocycles. The Morgan fingerprint density at radius 1 is 1.53 bits per heavy atom. The number of rotatable bonds is 4. The first-order valence-corrected chi connectivity index (χ1v) is 7.23. The standard InChI is InChI=1S/C14H19BrN2O2/c1-17(2)14(18)5-7-16-12-6-8-19-13-4-3-10(15)9-11(12)13/h3-4,9,12,16H,5-8H2,1-2H3. The molecule has 1 unspecified atom stereocenters. The summed E-state index contributed by atoms with van der Waals surface area (Å²) in [6.45, 7) is 1.40. The first kappa shape index (κ1) is 14.3. The van der Waals surface area contributed by atoms with E-state index in [1.807, 2.05) is 12.1 Å². The fraction of sp³-hybridized carbons (Fsp3) is 0.500. The Kier molecular flexibility index (Phi) is 4.82. The van der Waals surface area contributed by atoms with E-state index >= 15 is 0 Å². The van der Waals surface area contributed by atoms with Gasteiger partial charge in [-0.2, -0.15) is 0 Å². The van der Waals surface area contributed by atoms with Crippen LogP contribution in [-0.4, -0.2) is 38.1 Å². The second-order valence-corrected chi connectivity index (χ2v) is 5.78. The molecule has 0 fully saturated rings. The smallest absolute Gasteiger partial charge is 0.223 e. The molecule has 0 saturated carbocycles. The van der Waals surface area contributed by atoms with E-state index in [9.17, 15) is 4.79 Å². The van der Waals surface area contributed by atoms with Crippen LogP contribution in [0.3, 0.4) is 0 Å². The molecule has 1 amide bonds. The number of benzene rings is 1. The second kappa shape index (κ2) is 6.39. The highest BCUT2D eigenvalue weighted by atomic mass is 79.9. The van der Waals surface area contributed by atoms with Gasteiger partial charge in [0.05, 0.1) is 6.61 Å². The third-order valence-electron chi connectivity index (χ3n) is 3.24. The van der Waals surface area contributed by atoms with Gasteiger partial charge in [-0.05, 0) is 18.2 Å². The predicted octanol–water partition coefficient (Wildman–Crippen LogP) is 2.34. The van der Waals surface area contributed by atoms with E-state index in [1.165, 1.54) is 0 Å². The van der Waals surface area contributed by atoms with E-state index in [2.05, 4.69) is 27.3 Å². The normalized spacial score (nSPS) is 17.5. The number of nitrogens with zero attached hydrogens (tertiary/aromatic N) is 1. The number of fused-ring (bicyclic) bond motifs is 1. The zero-order chi connectivity index (χ0) is 13.8. The van der Waals surface area contributed by atoms with Gasteiger partial charge >= 0.3 is 0 Å². The Morgan fingerprint density at radius 3 is 3.05 bits per heavy atom. The summed E-state index contributed by atoms with van der Waals surface area (Å²) in [5.41, 5.74) is 1.16. The van der Waals surface area contributed by atoms with Crippen LogP contribution < -0.4 is 10.1 Å². The van der Waals surface area contributed by atoms with Crippen LogP contribution in [0.5, 0.6) is 5.75 Å². The molecule has 2 rings (SSSR count). The maximum atomic E-state index is 11.5. The zero-order valence-electron chi connectivity index (χ0n) is 11.3. The van der Waals surface area contributed by atoms with Crippen LogP contribution in [0, 0.1) is 0 Å². The number of carbonyl (C=O) groups excluding carboxylic acids is 1. The van der Waals surface area contributed by atoms with Gasteiger partial charge in [0, 0.05) is 49.6 Å². The first-order valence-electron chi connectivity index (χ1n) is 6.43. The lowest BCUT2D eigenvalue weighted by atomic mass is 10.0. The molecule has 1 aliphatic heterocycles. The molecule has 1 heterocycles. The van der Waals surface area contributed by atoms with Crippen molar-refractivity contribution in [3.8, 4) is 5.75 Å². The summed E-state index contributed by atoms with van der Waals surface area (Å²) in [5.74, 6) is 1.08. The van der Waals surface area contributed by atoms with Crippen molar-refractivity contribution in [1.82, 2.24) is 10.2 Å². The molecule has 4 nitrogen and oxygen atoms in total. The van der Waals surface area contributed by atoms with Gasteiger partial charge in [0.25, 0.3) is 0 Å². The Bertz CT molecular complexity index is 463. The van der Waals surface area contributed by atoms with Crippen molar-refractivity contribution in [3.63, 3.8) is 0 Å². The molecule has 0 bridgehead atoms. The van der Waals surface area contributed by atoms with Crippen molar-refractivity contribution in [2.24, 2.45) is 0 Å². The topological polar surface area (TPSA) is 41.6 Å². The molecular weight excluding hydrogens is 308 g/mol. The van der Waals surface area contributed by atoms with Crippen LogP contribution >= 0.6 is 15.9 Å². The number of hydrogen-bond donors (Lipinski definition) is 1. The zero-order valence-corrected chi connectivity index (χ0v) is 12.9. The molecule has 0 aliphatic carbocycles. The summed E-state index contributed by atoms with van der Waals surface area (Å²) in [6, 6.07) is 6.31. The molecule has 1 N–H and O–H groups in total. The van der Waals surface area contributed by atoms with E-state index in [4.69, 9.17) is 4.74 Å². The predicted molar refractivity (Wildman–Crippen MR) is 78.3 cm³/mol. The van der Waals surface area contributed by atoms with Gasteiger partial charge in [-0.1, -0.05) is 15.9 Å². The van der Waals surface area contributed by atoms with Gasteiger partial charge in [-0.3, -0.25) is 4.79 Å². The quantitative estimate of drug-likeness (QED) is 0.923. The van der Waals surface area contributed by atoms with Crippen molar-refractivity contribution < 1.29 is 9.53 Å². The minimum atomic E-state index is 0.147. The summed E-state index contributed by atoms with van der Waals surface area (Å²) < 4.78 is 6.69. The van der Waals surface area contributed by atoms with Gasteiger partial charge in [0.1, 0.15) is 5.75 Å². The van der Waals surface area contributed by atoms with Crippen molar-refractivity contribution in [1.29, 1.82) is 0 Å². The van der Waals surface area contributed by atoms with Gasteiger partial charge < -0.3 is 15.0 Å². The second-order valence-electron chi connectivity index (χ2n) is 4.86. The molecule has 104 valence electrons. The molecular formula is C14H19BrN2O2. The lowest BCUT2D eigenvalue weighted by Crippen LogP contribution is -2.31. The van der Waals surface area contributed by atoms with Crippen LogP contribution in [-0.2, 0) is 4.79 Å². The Hall–Kier alpha value is -1.07. The van der Waals surface area contributed by atoms with E-state index in [1.54, 1.807) is 19.0 Å². The summed E-state index contributed by atoms with van der Waals surface area (Å²) in [7, 11) is 3.56. The Labute approximate surface area is 122 Å². The number of halogens is 1. The van der Waals surface area contributed by atoms with E-state index in [0.29, 0.717) is 19.6 Å². The Morgan fingerprint density at radius 2 is 2.32 bits per heavy atom. The van der Waals surface area contributed by atoms with Crippen molar-refractivity contribution in [3.05, 3.63) is 28.2 Å². The van der Waals surface area contributed by atoms with Crippen molar-refractivity contribution in [2.45, 2.75) is 18.9 Å². The number of nitrogens with one attached hydrogen (secondary N) is 1. The number of carbonyl (C=O) groups is 1. The minimum absolute atomic E-state index is 0.147. The number of ether oxygens (including phenoxy) is 1. The molecule has 0 saturated heterocycles. The third kappa shape index (κ3) is 3.70. The highest BCUT2D eigenvalue weighted by molar-refractivity contribution is 9.10. The molecule has 1 aromatic rings. The third-order valence-corrected chi connectivity index (χ3v) is 3.73. The highest BCUT2D eigenvalue weighted by Crippen LogP contribution is 2.33. The highest BCUT2D eigenvalue weighted by Gasteiger charge is 2.21. The van der Waals surface area contributed by atoms with Crippen LogP contribution in [0.4, 0.5) is 0 Å². The van der Waals surface area contributed by atoms with Gasteiger partial charge in [0.2, 0.25) is 5.91 Å². The Balaban J connectivity index is 1.96. The fourth-order valence-corrected chi connectivity index (χ4v) is 2.53. The molecule has 19 heavy (non-hydrogen) atoms. The largest absolute Gasteiger partial charge is 0.493 e. The molecule has 1 aliphatic rings. The number of amides is 1. The minimum Gasteiger partial charge on any atom is -0.493 e. The average molecular weight is 327 g/mol. The van der Waals surface area contributed by atoms with Crippen molar-refractivity contribution in [2.75, 3.05) is 27.2 Å². The monoisotopic (exact) mass is 326 g/mol. The fourth-order valence-electron chi connectivity index (χ4n) is 2.15. The summed E-state index contributed by atoms with van der Waals surface area (Å²) in [5, 5.41) is 3.44. The van der Waals surface area contributed by atoms with E-state index < -0.39 is 0 Å². The maximum Gasteiger partial charge on any atom is 0.223 e. The van der Waals surface area contributed by atoms with Gasteiger partial charge in [-0.25, -0.2) is 0 Å². The summed E-state index contributed by atoms with van der Waals surface area (Å²) >= 11 is 3.48.